The first-order valence-electron chi connectivity index (χ1n) is 9.76. The third-order valence-electron chi connectivity index (χ3n) is 4.05. The number of rotatable bonds is 16. The second kappa shape index (κ2) is 15.6. The van der Waals surface area contributed by atoms with Crippen molar-refractivity contribution in [2.45, 2.75) is 89.7 Å². The SMILES string of the molecule is C/C=C/OC(=O)CC(C(=O)OCCCCCCCCCCCC)S(=O)(=O)O. The molecule has 1 N–H and O–H groups in total. The molecule has 0 radical (unpaired) electrons. The fourth-order valence-corrected chi connectivity index (χ4v) is 3.17. The molecule has 1 unspecified atom stereocenters. The Kier molecular flexibility index (Phi) is 14.8. The van der Waals surface area contributed by atoms with E-state index in [0.29, 0.717) is 6.42 Å². The van der Waals surface area contributed by atoms with Crippen molar-refractivity contribution in [3.8, 4) is 0 Å². The summed E-state index contributed by atoms with van der Waals surface area (Å²) in [6.45, 7) is 3.86. The maximum atomic E-state index is 11.9. The minimum atomic E-state index is -4.75. The van der Waals surface area contributed by atoms with Crippen LogP contribution in [-0.2, 0) is 29.2 Å². The molecule has 0 fully saturated rings. The Balaban J connectivity index is 3.99. The van der Waals surface area contributed by atoms with Crippen LogP contribution in [0.2, 0.25) is 0 Å². The van der Waals surface area contributed by atoms with Crippen LogP contribution < -0.4 is 0 Å². The van der Waals surface area contributed by atoms with Gasteiger partial charge in [0.05, 0.1) is 19.3 Å². The van der Waals surface area contributed by atoms with Crippen LogP contribution >= 0.6 is 0 Å². The molecule has 0 aromatic heterocycles. The molecular formula is C19H34O7S. The topological polar surface area (TPSA) is 107 Å². The van der Waals surface area contributed by atoms with Crippen LogP contribution in [0.3, 0.4) is 0 Å². The molecule has 0 spiro atoms. The zero-order valence-electron chi connectivity index (χ0n) is 16.5. The molecule has 1 atom stereocenters. The maximum absolute atomic E-state index is 11.9. The molecule has 0 saturated carbocycles. The lowest BCUT2D eigenvalue weighted by atomic mass is 10.1. The summed E-state index contributed by atoms with van der Waals surface area (Å²) in [5, 5.41) is -1.96. The van der Waals surface area contributed by atoms with Gasteiger partial charge in [-0.15, -0.1) is 0 Å². The van der Waals surface area contributed by atoms with Crippen molar-refractivity contribution in [3.05, 3.63) is 12.3 Å². The van der Waals surface area contributed by atoms with Gasteiger partial charge in [0.1, 0.15) is 0 Å². The normalized spacial score (nSPS) is 12.9. The first kappa shape index (κ1) is 25.6. The van der Waals surface area contributed by atoms with Gasteiger partial charge in [-0.05, 0) is 13.3 Å². The molecule has 27 heavy (non-hydrogen) atoms. The summed E-state index contributed by atoms with van der Waals surface area (Å²) >= 11 is 0. The van der Waals surface area contributed by atoms with Crippen LogP contribution in [0.1, 0.15) is 84.5 Å². The number of carbonyl (C=O) groups excluding carboxylic acids is 2. The monoisotopic (exact) mass is 406 g/mol. The van der Waals surface area contributed by atoms with Crippen molar-refractivity contribution in [2.24, 2.45) is 0 Å². The maximum Gasteiger partial charge on any atom is 0.327 e. The number of carbonyl (C=O) groups is 2. The van der Waals surface area contributed by atoms with Crippen LogP contribution in [0.4, 0.5) is 0 Å². The van der Waals surface area contributed by atoms with E-state index in [1.165, 1.54) is 44.6 Å². The predicted octanol–water partition coefficient (Wildman–Crippen LogP) is 4.17. The van der Waals surface area contributed by atoms with Gasteiger partial charge in [-0.25, -0.2) is 0 Å². The Morgan fingerprint density at radius 1 is 0.963 bits per heavy atom. The lowest BCUT2D eigenvalue weighted by molar-refractivity contribution is -0.147. The Bertz CT molecular complexity index is 540. The highest BCUT2D eigenvalue weighted by Crippen LogP contribution is 2.12. The van der Waals surface area contributed by atoms with Gasteiger partial charge in [0.2, 0.25) is 0 Å². The van der Waals surface area contributed by atoms with Gasteiger partial charge in [0, 0.05) is 0 Å². The van der Waals surface area contributed by atoms with E-state index in [9.17, 15) is 18.0 Å². The highest BCUT2D eigenvalue weighted by molar-refractivity contribution is 7.87. The van der Waals surface area contributed by atoms with E-state index in [2.05, 4.69) is 11.7 Å². The first-order valence-corrected chi connectivity index (χ1v) is 11.3. The van der Waals surface area contributed by atoms with E-state index in [1.807, 2.05) is 0 Å². The molecule has 0 rings (SSSR count). The van der Waals surface area contributed by atoms with Crippen molar-refractivity contribution in [1.82, 2.24) is 0 Å². The van der Waals surface area contributed by atoms with E-state index in [0.717, 1.165) is 25.5 Å². The zero-order chi connectivity index (χ0) is 20.5. The summed E-state index contributed by atoms with van der Waals surface area (Å²) in [6, 6.07) is 0. The highest BCUT2D eigenvalue weighted by Gasteiger charge is 2.35. The molecule has 158 valence electrons. The number of hydrogen-bond donors (Lipinski definition) is 1. The van der Waals surface area contributed by atoms with Crippen LogP contribution in [0.25, 0.3) is 0 Å². The van der Waals surface area contributed by atoms with E-state index in [-0.39, 0.29) is 6.61 Å². The largest absolute Gasteiger partial charge is 0.465 e. The van der Waals surface area contributed by atoms with Gasteiger partial charge in [-0.3, -0.25) is 14.1 Å². The second-order valence-electron chi connectivity index (χ2n) is 6.52. The summed E-state index contributed by atoms with van der Waals surface area (Å²) in [4.78, 5) is 23.3. The number of hydrogen-bond acceptors (Lipinski definition) is 6. The molecule has 0 bridgehead atoms. The molecular weight excluding hydrogens is 372 g/mol. The van der Waals surface area contributed by atoms with Gasteiger partial charge in [-0.1, -0.05) is 70.8 Å². The lowest BCUT2D eigenvalue weighted by Gasteiger charge is -2.12. The van der Waals surface area contributed by atoms with Crippen molar-refractivity contribution >= 4 is 22.1 Å². The minimum Gasteiger partial charge on any atom is -0.465 e. The third-order valence-corrected chi connectivity index (χ3v) is 5.13. The predicted molar refractivity (Wildman–Crippen MR) is 104 cm³/mol. The zero-order valence-corrected chi connectivity index (χ0v) is 17.3. The molecule has 0 aliphatic rings. The number of unbranched alkanes of at least 4 members (excludes halogenated alkanes) is 9. The lowest BCUT2D eigenvalue weighted by Crippen LogP contribution is -2.34. The Morgan fingerprint density at radius 2 is 1.48 bits per heavy atom. The molecule has 0 heterocycles. The van der Waals surface area contributed by atoms with Crippen molar-refractivity contribution < 1.29 is 32.0 Å². The summed E-state index contributed by atoms with van der Waals surface area (Å²) < 4.78 is 41.2. The average Bonchev–Trinajstić information content (AvgIpc) is 2.61. The molecule has 0 aromatic carbocycles. The van der Waals surface area contributed by atoms with E-state index in [1.54, 1.807) is 6.92 Å². The van der Waals surface area contributed by atoms with E-state index in [4.69, 9.17) is 9.29 Å². The first-order chi connectivity index (χ1) is 12.8. The van der Waals surface area contributed by atoms with Gasteiger partial charge < -0.3 is 9.47 Å². The Labute approximate surface area is 163 Å². The number of allylic oxidation sites excluding steroid dienone is 1. The second-order valence-corrected chi connectivity index (χ2v) is 8.12. The standard InChI is InChI=1S/C19H34O7S/c1-3-5-6-7-8-9-10-11-12-13-15-26-19(21)17(27(22,23)24)16-18(20)25-14-4-2/h4,14,17H,3,5-13,15-16H2,1-2H3,(H,22,23,24)/b14-4+. The summed E-state index contributed by atoms with van der Waals surface area (Å²) in [7, 11) is -4.75. The van der Waals surface area contributed by atoms with Crippen LogP contribution in [0.15, 0.2) is 12.3 Å². The Morgan fingerprint density at radius 3 is 1.96 bits per heavy atom. The van der Waals surface area contributed by atoms with Gasteiger partial charge in [-0.2, -0.15) is 8.42 Å². The highest BCUT2D eigenvalue weighted by atomic mass is 32.2. The van der Waals surface area contributed by atoms with Crippen molar-refractivity contribution in [1.29, 1.82) is 0 Å². The summed E-state index contributed by atoms with van der Waals surface area (Å²) in [5.41, 5.74) is 0. The number of ether oxygens (including phenoxy) is 2. The molecule has 0 aliphatic heterocycles. The molecule has 0 amide bonds. The Hall–Kier alpha value is -1.41. The number of esters is 2. The van der Waals surface area contributed by atoms with Gasteiger partial charge in [0.25, 0.3) is 10.1 Å². The van der Waals surface area contributed by atoms with Crippen LogP contribution in [0, 0.1) is 0 Å². The van der Waals surface area contributed by atoms with Gasteiger partial charge >= 0.3 is 11.9 Å². The minimum absolute atomic E-state index is 0.0608. The van der Waals surface area contributed by atoms with Crippen molar-refractivity contribution in [3.63, 3.8) is 0 Å². The average molecular weight is 407 g/mol. The molecule has 7 nitrogen and oxygen atoms in total. The molecule has 0 aromatic rings. The van der Waals surface area contributed by atoms with E-state index >= 15 is 0 Å². The van der Waals surface area contributed by atoms with Crippen LogP contribution in [0.5, 0.6) is 0 Å². The molecule has 0 aliphatic carbocycles. The summed E-state index contributed by atoms with van der Waals surface area (Å²) in [5.74, 6) is -2.07. The van der Waals surface area contributed by atoms with Gasteiger partial charge in [0.15, 0.2) is 5.25 Å². The molecule has 8 heteroatoms. The third kappa shape index (κ3) is 14.3. The smallest absolute Gasteiger partial charge is 0.327 e. The van der Waals surface area contributed by atoms with E-state index < -0.39 is 33.7 Å². The van der Waals surface area contributed by atoms with Crippen LogP contribution in [-0.4, -0.2) is 36.8 Å². The fourth-order valence-electron chi connectivity index (χ4n) is 2.51. The quantitative estimate of drug-likeness (QED) is 0.177. The van der Waals surface area contributed by atoms with Crippen molar-refractivity contribution in [2.75, 3.05) is 6.61 Å². The fraction of sp³-hybridized carbons (Fsp3) is 0.789. The summed E-state index contributed by atoms with van der Waals surface area (Å²) in [6.07, 6.45) is 12.9. The molecule has 0 saturated heterocycles.